The lowest BCUT2D eigenvalue weighted by atomic mass is 9.95. The number of carbonyl (C=O) groups is 1. The highest BCUT2D eigenvalue weighted by atomic mass is 32.2. The van der Waals surface area contributed by atoms with E-state index in [2.05, 4.69) is 20.1 Å². The van der Waals surface area contributed by atoms with Crippen LogP contribution in [-0.2, 0) is 21.4 Å². The van der Waals surface area contributed by atoms with Crippen molar-refractivity contribution in [3.63, 3.8) is 0 Å². The fraction of sp³-hybridized carbons (Fsp3) is 0.348. The van der Waals surface area contributed by atoms with Gasteiger partial charge in [0.1, 0.15) is 0 Å². The van der Waals surface area contributed by atoms with Gasteiger partial charge in [-0.3, -0.25) is 14.5 Å². The van der Waals surface area contributed by atoms with E-state index in [1.54, 1.807) is 29.3 Å². The van der Waals surface area contributed by atoms with Crippen LogP contribution in [0.15, 0.2) is 41.7 Å². The van der Waals surface area contributed by atoms with Crippen molar-refractivity contribution in [1.29, 1.82) is 0 Å². The Morgan fingerprint density at radius 2 is 1.53 bits per heavy atom. The first-order valence-corrected chi connectivity index (χ1v) is 11.9. The van der Waals surface area contributed by atoms with E-state index in [-0.39, 0.29) is 18.9 Å². The van der Waals surface area contributed by atoms with Crippen LogP contribution >= 0.6 is 0 Å². The van der Waals surface area contributed by atoms with Gasteiger partial charge in [0.2, 0.25) is 15.9 Å². The molecule has 0 saturated heterocycles. The molecule has 3 rings (SSSR count). The molecule has 2 heterocycles. The fourth-order valence-corrected chi connectivity index (χ4v) is 5.26. The molecular weight excluding hydrogens is 426 g/mol. The summed E-state index contributed by atoms with van der Waals surface area (Å²) in [5.41, 5.74) is 5.55. The van der Waals surface area contributed by atoms with Crippen LogP contribution in [-0.4, -0.2) is 35.6 Å². The average molecular weight is 456 g/mol. The Morgan fingerprint density at radius 1 is 0.938 bits per heavy atom. The summed E-state index contributed by atoms with van der Waals surface area (Å²) in [4.78, 5) is 16.6. The maximum atomic E-state index is 12.9. The van der Waals surface area contributed by atoms with Crippen molar-refractivity contribution in [2.24, 2.45) is 0 Å². The van der Waals surface area contributed by atoms with Crippen molar-refractivity contribution < 1.29 is 13.2 Å². The van der Waals surface area contributed by atoms with Crippen LogP contribution in [0.2, 0.25) is 0 Å². The third kappa shape index (κ3) is 5.23. The summed E-state index contributed by atoms with van der Waals surface area (Å²) < 4.78 is 30.2. The van der Waals surface area contributed by atoms with Gasteiger partial charge >= 0.3 is 0 Å². The number of amides is 1. The Balaban J connectivity index is 1.58. The Morgan fingerprint density at radius 3 is 2.16 bits per heavy atom. The highest BCUT2D eigenvalue weighted by Crippen LogP contribution is 2.29. The quantitative estimate of drug-likeness (QED) is 0.543. The first-order valence-electron chi connectivity index (χ1n) is 10.4. The second-order valence-electron chi connectivity index (χ2n) is 7.90. The molecule has 2 aromatic heterocycles. The second kappa shape index (κ2) is 9.62. The van der Waals surface area contributed by atoms with Crippen LogP contribution in [0.25, 0.3) is 0 Å². The molecule has 8 nitrogen and oxygen atoms in total. The lowest BCUT2D eigenvalue weighted by Crippen LogP contribution is -2.29. The largest absolute Gasteiger partial charge is 0.309 e. The Kier molecular flexibility index (Phi) is 7.10. The number of anilines is 1. The molecule has 0 aliphatic carbocycles. The van der Waals surface area contributed by atoms with Gasteiger partial charge in [-0.15, -0.1) is 0 Å². The zero-order valence-corrected chi connectivity index (χ0v) is 19.9. The molecule has 0 aliphatic rings. The minimum absolute atomic E-state index is 0.00162. The molecule has 0 atom stereocenters. The van der Waals surface area contributed by atoms with Gasteiger partial charge in [-0.1, -0.05) is 0 Å². The van der Waals surface area contributed by atoms with Crippen molar-refractivity contribution in [2.75, 3.05) is 11.9 Å². The predicted molar refractivity (Wildman–Crippen MR) is 124 cm³/mol. The highest BCUT2D eigenvalue weighted by molar-refractivity contribution is 7.89. The summed E-state index contributed by atoms with van der Waals surface area (Å²) in [6, 6.07) is 5.49. The number of hydrogen-bond donors (Lipinski definition) is 2. The molecule has 0 fully saturated rings. The Bertz CT molecular complexity index is 1210. The maximum absolute atomic E-state index is 12.9. The number of carbonyl (C=O) groups excluding carboxylic acids is 1. The molecule has 3 aromatic rings. The molecule has 2 N–H and O–H groups in total. The van der Waals surface area contributed by atoms with Crippen molar-refractivity contribution >= 4 is 21.7 Å². The number of rotatable bonds is 8. The number of pyridine rings is 1. The van der Waals surface area contributed by atoms with Gasteiger partial charge in [0.15, 0.2) is 5.82 Å². The molecule has 170 valence electrons. The van der Waals surface area contributed by atoms with Gasteiger partial charge in [-0.05, 0) is 80.1 Å². The molecule has 0 bridgehead atoms. The first-order chi connectivity index (χ1) is 15.1. The molecule has 0 unspecified atom stereocenters. The summed E-state index contributed by atoms with van der Waals surface area (Å²) in [6.45, 7) is 10.0. The fourth-order valence-electron chi connectivity index (χ4n) is 3.64. The van der Waals surface area contributed by atoms with Gasteiger partial charge < -0.3 is 5.32 Å². The van der Waals surface area contributed by atoms with Crippen LogP contribution < -0.4 is 10.0 Å². The SMILES string of the molecule is Cc1c(C)c(C)c(S(=O)(=O)NCCC(=O)Nc2ccn(Cc3ccncc3)n2)c(C)c1C. The molecule has 1 amide bonds. The number of aromatic nitrogens is 3. The van der Waals surface area contributed by atoms with Crippen molar-refractivity contribution in [3.05, 3.63) is 70.2 Å². The molecular formula is C23H29N5O3S. The lowest BCUT2D eigenvalue weighted by molar-refractivity contribution is -0.116. The van der Waals surface area contributed by atoms with Crippen LogP contribution in [0.3, 0.4) is 0 Å². The second-order valence-corrected chi connectivity index (χ2v) is 9.61. The van der Waals surface area contributed by atoms with E-state index in [0.29, 0.717) is 17.3 Å². The Labute approximate surface area is 189 Å². The highest BCUT2D eigenvalue weighted by Gasteiger charge is 2.23. The normalized spacial score (nSPS) is 11.5. The number of sulfonamides is 1. The summed E-state index contributed by atoms with van der Waals surface area (Å²) in [5.74, 6) is 0.106. The summed E-state index contributed by atoms with van der Waals surface area (Å²) in [5, 5.41) is 7.03. The zero-order chi connectivity index (χ0) is 23.5. The first kappa shape index (κ1) is 23.6. The van der Waals surface area contributed by atoms with E-state index in [0.717, 1.165) is 33.4 Å². The molecule has 32 heavy (non-hydrogen) atoms. The molecule has 0 aliphatic heterocycles. The van der Waals surface area contributed by atoms with Crippen LogP contribution in [0.4, 0.5) is 5.82 Å². The number of benzene rings is 1. The van der Waals surface area contributed by atoms with Crippen LogP contribution in [0, 0.1) is 34.6 Å². The molecule has 1 aromatic carbocycles. The molecule has 0 radical (unpaired) electrons. The number of hydrogen-bond acceptors (Lipinski definition) is 5. The van der Waals surface area contributed by atoms with Crippen molar-refractivity contribution in [1.82, 2.24) is 19.5 Å². The number of nitrogens with one attached hydrogen (secondary N) is 2. The summed E-state index contributed by atoms with van der Waals surface area (Å²) in [6.07, 6.45) is 5.19. The van der Waals surface area contributed by atoms with E-state index >= 15 is 0 Å². The predicted octanol–water partition coefficient (Wildman–Crippen LogP) is 3.18. The molecule has 9 heteroatoms. The third-order valence-electron chi connectivity index (χ3n) is 5.85. The zero-order valence-electron chi connectivity index (χ0n) is 19.1. The smallest absolute Gasteiger partial charge is 0.241 e. The molecule has 0 spiro atoms. The Hall–Kier alpha value is -3.04. The minimum atomic E-state index is -3.74. The average Bonchev–Trinajstić information content (AvgIpc) is 3.17. The van der Waals surface area contributed by atoms with E-state index in [1.807, 2.05) is 46.8 Å². The van der Waals surface area contributed by atoms with E-state index in [1.165, 1.54) is 0 Å². The van der Waals surface area contributed by atoms with Gasteiger partial charge in [0, 0.05) is 37.6 Å². The van der Waals surface area contributed by atoms with Crippen LogP contribution in [0.5, 0.6) is 0 Å². The topological polar surface area (TPSA) is 106 Å². The van der Waals surface area contributed by atoms with Crippen LogP contribution in [0.1, 0.15) is 39.8 Å². The lowest BCUT2D eigenvalue weighted by Gasteiger charge is -2.19. The van der Waals surface area contributed by atoms with Crippen molar-refractivity contribution in [3.8, 4) is 0 Å². The van der Waals surface area contributed by atoms with E-state index in [4.69, 9.17) is 0 Å². The van der Waals surface area contributed by atoms with Crippen molar-refractivity contribution in [2.45, 2.75) is 52.5 Å². The minimum Gasteiger partial charge on any atom is -0.309 e. The third-order valence-corrected chi connectivity index (χ3v) is 7.58. The standard InChI is InChI=1S/C23H29N5O3S/c1-15-16(2)18(4)23(19(5)17(15)3)32(30,31)25-12-8-22(29)26-21-9-13-28(27-21)14-20-6-10-24-11-7-20/h6-7,9-11,13,25H,8,12,14H2,1-5H3,(H,26,27,29). The van der Waals surface area contributed by atoms with E-state index < -0.39 is 10.0 Å². The molecule has 0 saturated carbocycles. The van der Waals surface area contributed by atoms with Gasteiger partial charge in [0.25, 0.3) is 0 Å². The monoisotopic (exact) mass is 455 g/mol. The van der Waals surface area contributed by atoms with Gasteiger partial charge in [0.05, 0.1) is 11.4 Å². The number of nitrogens with zero attached hydrogens (tertiary/aromatic N) is 3. The van der Waals surface area contributed by atoms with Gasteiger partial charge in [-0.2, -0.15) is 5.10 Å². The maximum Gasteiger partial charge on any atom is 0.241 e. The summed E-state index contributed by atoms with van der Waals surface area (Å²) in [7, 11) is -3.74. The van der Waals surface area contributed by atoms with E-state index in [9.17, 15) is 13.2 Å². The summed E-state index contributed by atoms with van der Waals surface area (Å²) >= 11 is 0. The van der Waals surface area contributed by atoms with Gasteiger partial charge in [-0.25, -0.2) is 13.1 Å².